The molecule has 2 atom stereocenters. The number of carbonyl (C=O) groups excluding carboxylic acids is 4. The third-order valence-corrected chi connectivity index (χ3v) is 5.96. The Morgan fingerprint density at radius 1 is 0.897 bits per heavy atom. The van der Waals surface area contributed by atoms with Crippen LogP contribution < -0.4 is 15.2 Å². The molecule has 0 bridgehead atoms. The van der Waals surface area contributed by atoms with E-state index in [1.807, 2.05) is 0 Å². The van der Waals surface area contributed by atoms with Gasteiger partial charge in [0.1, 0.15) is 24.9 Å². The Morgan fingerprint density at radius 3 is 2.03 bits per heavy atom. The van der Waals surface area contributed by atoms with Crippen molar-refractivity contribution in [1.29, 1.82) is 0 Å². The quantitative estimate of drug-likeness (QED) is 0.335. The van der Waals surface area contributed by atoms with E-state index in [9.17, 15) is 19.2 Å². The molecule has 0 heterocycles. The van der Waals surface area contributed by atoms with Gasteiger partial charge in [-0.3, -0.25) is 14.4 Å². The first-order chi connectivity index (χ1) is 18.1. The van der Waals surface area contributed by atoms with Crippen molar-refractivity contribution in [3.63, 3.8) is 0 Å². The van der Waals surface area contributed by atoms with E-state index in [1.54, 1.807) is 54.5 Å². The third kappa shape index (κ3) is 10.9. The molecule has 2 N–H and O–H groups in total. The number of rotatable bonds is 9. The zero-order chi connectivity index (χ0) is 29.4. The lowest BCUT2D eigenvalue weighted by Gasteiger charge is -2.22. The van der Waals surface area contributed by atoms with Crippen molar-refractivity contribution in [3.05, 3.63) is 23.8 Å². The van der Waals surface area contributed by atoms with Gasteiger partial charge in [-0.15, -0.1) is 0 Å². The highest BCUT2D eigenvalue weighted by Gasteiger charge is 2.29. The first-order valence-electron chi connectivity index (χ1n) is 13.4. The molecule has 0 radical (unpaired) electrons. The van der Waals surface area contributed by atoms with Crippen LogP contribution in [0.25, 0.3) is 0 Å². The van der Waals surface area contributed by atoms with Gasteiger partial charge in [0.15, 0.2) is 11.5 Å². The van der Waals surface area contributed by atoms with Gasteiger partial charge in [0.2, 0.25) is 0 Å². The Kier molecular flexibility index (Phi) is 11.3. The van der Waals surface area contributed by atoms with E-state index >= 15 is 0 Å². The molecule has 1 aromatic carbocycles. The van der Waals surface area contributed by atoms with Gasteiger partial charge in [0.25, 0.3) is 0 Å². The number of benzene rings is 1. The maximum atomic E-state index is 12.6. The molecule has 1 aliphatic rings. The molecule has 2 rings (SSSR count). The van der Waals surface area contributed by atoms with Crippen LogP contribution in [-0.4, -0.2) is 48.9 Å². The minimum atomic E-state index is -1.05. The average Bonchev–Trinajstić information content (AvgIpc) is 2.83. The van der Waals surface area contributed by atoms with Crippen LogP contribution in [0, 0.1) is 10.8 Å². The standard InChI is InChI=1S/C29H43NO9/c1-18(17-35-27(34)37-20-11-9-8-10-12-20)36-24(31)21(30)15-19-13-14-22(38-25(32)28(2,3)4)23(16-19)39-26(33)29(5,6)7/h13-14,16,18,20-21H,8-12,15,17,30H2,1-7H3/t18-,21-/m0/s1. The minimum Gasteiger partial charge on any atom is -0.458 e. The van der Waals surface area contributed by atoms with Crippen LogP contribution in [0.4, 0.5) is 4.79 Å². The number of nitrogens with two attached hydrogens (primary N) is 1. The largest absolute Gasteiger partial charge is 0.508 e. The van der Waals surface area contributed by atoms with Gasteiger partial charge in [0, 0.05) is 0 Å². The molecular weight excluding hydrogens is 506 g/mol. The van der Waals surface area contributed by atoms with Crippen LogP contribution in [0.2, 0.25) is 0 Å². The Morgan fingerprint density at radius 2 is 1.46 bits per heavy atom. The monoisotopic (exact) mass is 549 g/mol. The molecule has 0 aromatic heterocycles. The molecule has 1 saturated carbocycles. The fraction of sp³-hybridized carbons (Fsp3) is 0.655. The predicted octanol–water partition coefficient (Wildman–Crippen LogP) is 4.88. The van der Waals surface area contributed by atoms with E-state index < -0.39 is 47.0 Å². The normalized spacial score (nSPS) is 16.0. The van der Waals surface area contributed by atoms with E-state index in [0.717, 1.165) is 32.1 Å². The van der Waals surface area contributed by atoms with Crippen LogP contribution in [-0.2, 0) is 35.0 Å². The van der Waals surface area contributed by atoms with Crippen molar-refractivity contribution in [2.24, 2.45) is 16.6 Å². The lowest BCUT2D eigenvalue weighted by molar-refractivity contribution is -0.152. The van der Waals surface area contributed by atoms with Gasteiger partial charge in [-0.05, 0) is 98.3 Å². The first kappa shape index (κ1) is 32.1. The molecular formula is C29H43NO9. The van der Waals surface area contributed by atoms with E-state index in [-0.39, 0.29) is 30.6 Å². The highest BCUT2D eigenvalue weighted by Crippen LogP contribution is 2.33. The molecule has 0 unspecified atom stereocenters. The zero-order valence-electron chi connectivity index (χ0n) is 24.2. The molecule has 10 heteroatoms. The van der Waals surface area contributed by atoms with Gasteiger partial charge in [0.05, 0.1) is 10.8 Å². The van der Waals surface area contributed by atoms with Crippen molar-refractivity contribution in [1.82, 2.24) is 0 Å². The fourth-order valence-corrected chi connectivity index (χ4v) is 3.54. The molecule has 218 valence electrons. The van der Waals surface area contributed by atoms with Crippen LogP contribution in [0.15, 0.2) is 18.2 Å². The minimum absolute atomic E-state index is 0.0452. The van der Waals surface area contributed by atoms with Gasteiger partial charge < -0.3 is 29.4 Å². The summed E-state index contributed by atoms with van der Waals surface area (Å²) in [7, 11) is 0. The van der Waals surface area contributed by atoms with Crippen molar-refractivity contribution in [2.75, 3.05) is 6.61 Å². The smallest absolute Gasteiger partial charge is 0.458 e. The van der Waals surface area contributed by atoms with Crippen molar-refractivity contribution in [2.45, 2.75) is 105 Å². The third-order valence-electron chi connectivity index (χ3n) is 5.96. The average molecular weight is 550 g/mol. The summed E-state index contributed by atoms with van der Waals surface area (Å²) in [5.74, 6) is -1.58. The second kappa shape index (κ2) is 13.8. The summed E-state index contributed by atoms with van der Waals surface area (Å²) in [6.45, 7) is 11.7. The predicted molar refractivity (Wildman–Crippen MR) is 143 cm³/mol. The van der Waals surface area contributed by atoms with E-state index in [2.05, 4.69) is 0 Å². The van der Waals surface area contributed by atoms with Gasteiger partial charge in [-0.2, -0.15) is 0 Å². The first-order valence-corrected chi connectivity index (χ1v) is 13.4. The molecule has 1 fully saturated rings. The van der Waals surface area contributed by atoms with Gasteiger partial charge >= 0.3 is 24.1 Å². The van der Waals surface area contributed by atoms with Crippen molar-refractivity contribution >= 4 is 24.1 Å². The van der Waals surface area contributed by atoms with Crippen LogP contribution >= 0.6 is 0 Å². The molecule has 0 aliphatic heterocycles. The SMILES string of the molecule is C[C@@H](COC(=O)OC1CCCCC1)OC(=O)[C@@H](N)Cc1ccc(OC(=O)C(C)(C)C)c(OC(=O)C(C)(C)C)c1. The maximum Gasteiger partial charge on any atom is 0.508 e. The summed E-state index contributed by atoms with van der Waals surface area (Å²) >= 11 is 0. The van der Waals surface area contributed by atoms with Crippen molar-refractivity contribution in [3.8, 4) is 11.5 Å². The number of ether oxygens (including phenoxy) is 5. The summed E-state index contributed by atoms with van der Waals surface area (Å²) in [5, 5.41) is 0. The topological polar surface area (TPSA) is 140 Å². The molecule has 39 heavy (non-hydrogen) atoms. The van der Waals surface area contributed by atoms with Crippen molar-refractivity contribution < 1.29 is 42.9 Å². The van der Waals surface area contributed by atoms with E-state index in [0.29, 0.717) is 5.56 Å². The second-order valence-electron chi connectivity index (χ2n) is 12.1. The number of hydrogen-bond acceptors (Lipinski definition) is 10. The molecule has 0 amide bonds. The van der Waals surface area contributed by atoms with Crippen LogP contribution in [0.1, 0.15) is 86.1 Å². The highest BCUT2D eigenvalue weighted by molar-refractivity contribution is 5.81. The lowest BCUT2D eigenvalue weighted by Crippen LogP contribution is -2.37. The van der Waals surface area contributed by atoms with Gasteiger partial charge in [-0.1, -0.05) is 12.5 Å². The molecule has 0 spiro atoms. The summed E-state index contributed by atoms with van der Waals surface area (Å²) in [6.07, 6.45) is 3.25. The molecule has 1 aromatic rings. The lowest BCUT2D eigenvalue weighted by atomic mass is 9.97. The maximum absolute atomic E-state index is 12.6. The Hall–Kier alpha value is -3.14. The van der Waals surface area contributed by atoms with Crippen LogP contribution in [0.5, 0.6) is 11.5 Å². The highest BCUT2D eigenvalue weighted by atomic mass is 16.7. The summed E-state index contributed by atoms with van der Waals surface area (Å²) in [6, 6.07) is 3.59. The molecule has 0 saturated heterocycles. The van der Waals surface area contributed by atoms with E-state index in [1.165, 1.54) is 12.1 Å². The summed E-state index contributed by atoms with van der Waals surface area (Å²) in [5.41, 5.74) is 5.06. The Bertz CT molecular complexity index is 1020. The Labute approximate surface area is 230 Å². The number of hydrogen-bond donors (Lipinski definition) is 1. The molecule has 10 nitrogen and oxygen atoms in total. The Balaban J connectivity index is 1.99. The number of carbonyl (C=O) groups is 4. The summed E-state index contributed by atoms with van der Waals surface area (Å²) < 4.78 is 26.7. The fourth-order valence-electron chi connectivity index (χ4n) is 3.54. The van der Waals surface area contributed by atoms with E-state index in [4.69, 9.17) is 29.4 Å². The summed E-state index contributed by atoms with van der Waals surface area (Å²) in [4.78, 5) is 49.5. The van der Waals surface area contributed by atoms with Crippen LogP contribution in [0.3, 0.4) is 0 Å². The zero-order valence-corrected chi connectivity index (χ0v) is 24.2. The van der Waals surface area contributed by atoms with Gasteiger partial charge in [-0.25, -0.2) is 4.79 Å². The molecule has 1 aliphatic carbocycles. The second-order valence-corrected chi connectivity index (χ2v) is 12.1. The number of esters is 3.